The van der Waals surface area contributed by atoms with Gasteiger partial charge in [-0.1, -0.05) is 18.6 Å². The third kappa shape index (κ3) is 3.98. The molecule has 1 aromatic rings. The zero-order chi connectivity index (χ0) is 17.9. The molecule has 6 nitrogen and oxygen atoms in total. The van der Waals surface area contributed by atoms with E-state index in [1.54, 1.807) is 19.1 Å². The summed E-state index contributed by atoms with van der Waals surface area (Å²) in [6.07, 6.45) is 4.86. The van der Waals surface area contributed by atoms with Gasteiger partial charge in [0.1, 0.15) is 0 Å². The lowest BCUT2D eigenvalue weighted by molar-refractivity contribution is -0.130. The van der Waals surface area contributed by atoms with Gasteiger partial charge < -0.3 is 10.1 Å². The Hall–Kier alpha value is -1.60. The van der Waals surface area contributed by atoms with E-state index < -0.39 is 15.4 Å². The molecular weight excluding hydrogens is 340 g/mol. The predicted octanol–water partition coefficient (Wildman–Crippen LogP) is 2.17. The van der Waals surface area contributed by atoms with Gasteiger partial charge in [0.05, 0.1) is 17.3 Å². The van der Waals surface area contributed by atoms with Gasteiger partial charge in [-0.2, -0.15) is 0 Å². The lowest BCUT2D eigenvalue weighted by Gasteiger charge is -2.41. The molecule has 1 saturated heterocycles. The van der Waals surface area contributed by atoms with Crippen LogP contribution in [0.25, 0.3) is 0 Å². The number of amides is 1. The molecule has 1 aromatic carbocycles. The van der Waals surface area contributed by atoms with Gasteiger partial charge in [-0.05, 0) is 50.3 Å². The minimum atomic E-state index is -3.29. The number of carbonyl (C=O) groups is 1. The van der Waals surface area contributed by atoms with Crippen molar-refractivity contribution in [2.45, 2.75) is 50.5 Å². The van der Waals surface area contributed by atoms with Crippen molar-refractivity contribution in [3.8, 4) is 0 Å². The summed E-state index contributed by atoms with van der Waals surface area (Å²) in [7, 11) is -3.29. The lowest BCUT2D eigenvalue weighted by Crippen LogP contribution is -2.50. The second-order valence-electron chi connectivity index (χ2n) is 6.86. The van der Waals surface area contributed by atoms with Crippen LogP contribution in [0.1, 0.15) is 44.6 Å². The largest absolute Gasteiger partial charge is 0.376 e. The van der Waals surface area contributed by atoms with Crippen LogP contribution in [0.2, 0.25) is 0 Å². The number of sulfonamides is 1. The topological polar surface area (TPSA) is 84.5 Å². The highest BCUT2D eigenvalue weighted by Gasteiger charge is 2.45. The first-order chi connectivity index (χ1) is 12.0. The Morgan fingerprint density at radius 3 is 2.48 bits per heavy atom. The average Bonchev–Trinajstić information content (AvgIpc) is 3.07. The highest BCUT2D eigenvalue weighted by atomic mass is 32.2. The summed E-state index contributed by atoms with van der Waals surface area (Å²) in [6, 6.07) is 7.18. The summed E-state index contributed by atoms with van der Waals surface area (Å²) in [6.45, 7) is 2.94. The van der Waals surface area contributed by atoms with Gasteiger partial charge in [0, 0.05) is 18.8 Å². The summed E-state index contributed by atoms with van der Waals surface area (Å²) >= 11 is 0. The zero-order valence-corrected chi connectivity index (χ0v) is 15.4. The summed E-state index contributed by atoms with van der Waals surface area (Å²) < 4.78 is 31.4. The monoisotopic (exact) mass is 366 g/mol. The van der Waals surface area contributed by atoms with Gasteiger partial charge >= 0.3 is 0 Å². The van der Waals surface area contributed by atoms with E-state index in [2.05, 4.69) is 10.0 Å². The van der Waals surface area contributed by atoms with E-state index >= 15 is 0 Å². The molecule has 1 saturated carbocycles. The van der Waals surface area contributed by atoms with E-state index in [-0.39, 0.29) is 17.8 Å². The van der Waals surface area contributed by atoms with Crippen LogP contribution in [-0.2, 0) is 25.0 Å². The smallest absolute Gasteiger partial charge is 0.232 e. The average molecular weight is 366 g/mol. The normalized spacial score (nSPS) is 22.2. The van der Waals surface area contributed by atoms with Crippen LogP contribution in [0.15, 0.2) is 24.3 Å². The molecule has 138 valence electrons. The van der Waals surface area contributed by atoms with Crippen LogP contribution in [0.4, 0.5) is 5.69 Å². The molecule has 1 amide bonds. The maximum atomic E-state index is 12.8. The molecule has 2 fully saturated rings. The van der Waals surface area contributed by atoms with Crippen LogP contribution >= 0.6 is 0 Å². The Morgan fingerprint density at radius 1 is 1.24 bits per heavy atom. The van der Waals surface area contributed by atoms with Crippen molar-refractivity contribution in [2.75, 3.05) is 23.6 Å². The number of rotatable bonds is 7. The van der Waals surface area contributed by atoms with Gasteiger partial charge in [0.25, 0.3) is 0 Å². The predicted molar refractivity (Wildman–Crippen MR) is 97.0 cm³/mol. The molecule has 2 aliphatic rings. The van der Waals surface area contributed by atoms with E-state index in [0.717, 1.165) is 44.3 Å². The summed E-state index contributed by atoms with van der Waals surface area (Å²) in [4.78, 5) is 12.8. The molecule has 1 atom stereocenters. The molecule has 0 spiro atoms. The quantitative estimate of drug-likeness (QED) is 0.774. The number of carbonyl (C=O) groups excluding carboxylic acids is 1. The van der Waals surface area contributed by atoms with Crippen molar-refractivity contribution < 1.29 is 17.9 Å². The lowest BCUT2D eigenvalue weighted by atomic mass is 9.63. The van der Waals surface area contributed by atoms with E-state index in [4.69, 9.17) is 4.74 Å². The highest BCUT2D eigenvalue weighted by Crippen LogP contribution is 2.44. The Morgan fingerprint density at radius 2 is 1.96 bits per heavy atom. The van der Waals surface area contributed by atoms with Crippen molar-refractivity contribution >= 4 is 21.6 Å². The molecule has 1 unspecified atom stereocenters. The highest BCUT2D eigenvalue weighted by molar-refractivity contribution is 7.92. The molecular formula is C18H26N2O4S. The molecule has 1 heterocycles. The SMILES string of the molecule is CCS(=O)(=O)Nc1ccc(C2(C(=O)NCC3CCCO3)CCC2)cc1. The Balaban J connectivity index is 1.68. The van der Waals surface area contributed by atoms with E-state index in [0.29, 0.717) is 12.2 Å². The molecule has 0 bridgehead atoms. The number of hydrogen-bond donors (Lipinski definition) is 2. The minimum Gasteiger partial charge on any atom is -0.376 e. The summed E-state index contributed by atoms with van der Waals surface area (Å²) in [5, 5.41) is 3.05. The molecule has 25 heavy (non-hydrogen) atoms. The Bertz CT molecular complexity index is 705. The molecule has 1 aliphatic carbocycles. The van der Waals surface area contributed by atoms with Crippen molar-refractivity contribution in [1.82, 2.24) is 5.32 Å². The molecule has 0 radical (unpaired) electrons. The molecule has 7 heteroatoms. The van der Waals surface area contributed by atoms with Crippen LogP contribution in [0.3, 0.4) is 0 Å². The van der Waals surface area contributed by atoms with Crippen molar-refractivity contribution in [1.29, 1.82) is 0 Å². The maximum absolute atomic E-state index is 12.8. The summed E-state index contributed by atoms with van der Waals surface area (Å²) in [5.74, 6) is 0.0841. The van der Waals surface area contributed by atoms with Crippen molar-refractivity contribution in [3.05, 3.63) is 29.8 Å². The van der Waals surface area contributed by atoms with Crippen molar-refractivity contribution in [3.63, 3.8) is 0 Å². The van der Waals surface area contributed by atoms with E-state index in [1.165, 1.54) is 0 Å². The first-order valence-corrected chi connectivity index (χ1v) is 10.6. The number of anilines is 1. The standard InChI is InChI=1S/C18H26N2O4S/c1-2-25(22,23)20-15-8-6-14(7-9-15)18(10-4-11-18)17(21)19-13-16-5-3-12-24-16/h6-9,16,20H,2-5,10-13H2,1H3,(H,19,21). The second kappa shape index (κ2) is 7.33. The van der Waals surface area contributed by atoms with Gasteiger partial charge in [0.15, 0.2) is 0 Å². The van der Waals surface area contributed by atoms with Crippen LogP contribution < -0.4 is 10.0 Å². The third-order valence-electron chi connectivity index (χ3n) is 5.25. The fourth-order valence-corrected chi connectivity index (χ4v) is 4.11. The molecule has 1 aliphatic heterocycles. The van der Waals surface area contributed by atoms with Crippen LogP contribution in [-0.4, -0.2) is 39.3 Å². The van der Waals surface area contributed by atoms with Crippen molar-refractivity contribution in [2.24, 2.45) is 0 Å². The fourth-order valence-electron chi connectivity index (χ4n) is 3.47. The summed E-state index contributed by atoms with van der Waals surface area (Å²) in [5.41, 5.74) is 0.990. The third-order valence-corrected chi connectivity index (χ3v) is 6.55. The van der Waals surface area contributed by atoms with Gasteiger partial charge in [-0.25, -0.2) is 8.42 Å². The van der Waals surface area contributed by atoms with E-state index in [1.807, 2.05) is 12.1 Å². The number of ether oxygens (including phenoxy) is 1. The van der Waals surface area contributed by atoms with Crippen LogP contribution in [0, 0.1) is 0 Å². The maximum Gasteiger partial charge on any atom is 0.232 e. The Kier molecular flexibility index (Phi) is 5.34. The number of nitrogens with one attached hydrogen (secondary N) is 2. The Labute approximate surface area is 149 Å². The van der Waals surface area contributed by atoms with Gasteiger partial charge in [0.2, 0.25) is 15.9 Å². The number of benzene rings is 1. The first kappa shape index (κ1) is 18.2. The van der Waals surface area contributed by atoms with E-state index in [9.17, 15) is 13.2 Å². The second-order valence-corrected chi connectivity index (χ2v) is 8.87. The van der Waals surface area contributed by atoms with Gasteiger partial charge in [-0.3, -0.25) is 9.52 Å². The molecule has 0 aromatic heterocycles. The fraction of sp³-hybridized carbons (Fsp3) is 0.611. The zero-order valence-electron chi connectivity index (χ0n) is 14.6. The first-order valence-electron chi connectivity index (χ1n) is 8.96. The molecule has 2 N–H and O–H groups in total. The van der Waals surface area contributed by atoms with Crippen LogP contribution in [0.5, 0.6) is 0 Å². The molecule has 3 rings (SSSR count). The minimum absolute atomic E-state index is 0.0321. The van der Waals surface area contributed by atoms with Gasteiger partial charge in [-0.15, -0.1) is 0 Å². The number of hydrogen-bond acceptors (Lipinski definition) is 4.